The summed E-state index contributed by atoms with van der Waals surface area (Å²) in [6.45, 7) is 6.62. The highest BCUT2D eigenvalue weighted by molar-refractivity contribution is 5.70. The molecule has 1 rings (SSSR count). The van der Waals surface area contributed by atoms with E-state index in [0.29, 0.717) is 17.8 Å². The molecule has 0 saturated heterocycles. The maximum atomic E-state index is 11.2. The van der Waals surface area contributed by atoms with Gasteiger partial charge in [-0.15, -0.1) is 0 Å². The Bertz CT molecular complexity index is 211. The van der Waals surface area contributed by atoms with Crippen molar-refractivity contribution in [3.05, 3.63) is 0 Å². The third-order valence-electron chi connectivity index (χ3n) is 4.11. The molecule has 2 nitrogen and oxygen atoms in total. The first kappa shape index (κ1) is 12.5. The minimum absolute atomic E-state index is 0.0927. The molecule has 3 atom stereocenters. The van der Waals surface area contributed by atoms with Crippen LogP contribution in [0.15, 0.2) is 0 Å². The van der Waals surface area contributed by atoms with E-state index in [1.54, 1.807) is 0 Å². The van der Waals surface area contributed by atoms with Crippen LogP contribution in [0.4, 0.5) is 0 Å². The number of carboxylic acid groups (broad SMARTS) is 1. The first-order chi connectivity index (χ1) is 7.04. The van der Waals surface area contributed by atoms with E-state index < -0.39 is 5.97 Å². The fourth-order valence-corrected chi connectivity index (χ4v) is 2.77. The van der Waals surface area contributed by atoms with E-state index in [1.165, 1.54) is 12.8 Å². The molecular formula is C13H24O2. The normalized spacial score (nSPS) is 29.9. The topological polar surface area (TPSA) is 37.3 Å². The van der Waals surface area contributed by atoms with E-state index in [2.05, 4.69) is 20.8 Å². The standard InChI is InChI=1S/C13H24O2/c1-9(2)10(3)11-7-5-4-6-8-12(11)13(14)15/h9-12H,4-8H2,1-3H3,(H,14,15). The molecule has 0 amide bonds. The van der Waals surface area contributed by atoms with Crippen molar-refractivity contribution < 1.29 is 9.90 Å². The fourth-order valence-electron chi connectivity index (χ4n) is 2.77. The Balaban J connectivity index is 2.74. The zero-order chi connectivity index (χ0) is 11.4. The average molecular weight is 212 g/mol. The van der Waals surface area contributed by atoms with Gasteiger partial charge in [0.2, 0.25) is 0 Å². The van der Waals surface area contributed by atoms with Crippen LogP contribution in [-0.4, -0.2) is 11.1 Å². The van der Waals surface area contributed by atoms with Crippen molar-refractivity contribution in [1.82, 2.24) is 0 Å². The number of hydrogen-bond donors (Lipinski definition) is 1. The maximum Gasteiger partial charge on any atom is 0.306 e. The zero-order valence-electron chi connectivity index (χ0n) is 10.2. The van der Waals surface area contributed by atoms with Crippen LogP contribution in [-0.2, 0) is 4.79 Å². The van der Waals surface area contributed by atoms with Crippen LogP contribution < -0.4 is 0 Å². The predicted molar refractivity (Wildman–Crippen MR) is 61.7 cm³/mol. The quantitative estimate of drug-likeness (QED) is 0.726. The fraction of sp³-hybridized carbons (Fsp3) is 0.923. The molecule has 0 aromatic heterocycles. The minimum atomic E-state index is -0.575. The van der Waals surface area contributed by atoms with Gasteiger partial charge in [0.1, 0.15) is 0 Å². The molecule has 1 aliphatic rings. The van der Waals surface area contributed by atoms with Gasteiger partial charge >= 0.3 is 5.97 Å². The summed E-state index contributed by atoms with van der Waals surface area (Å²) in [6.07, 6.45) is 5.52. The third kappa shape index (κ3) is 3.22. The van der Waals surface area contributed by atoms with Crippen molar-refractivity contribution in [2.45, 2.75) is 52.9 Å². The van der Waals surface area contributed by atoms with Gasteiger partial charge in [-0.05, 0) is 30.6 Å². The molecule has 0 radical (unpaired) electrons. The lowest BCUT2D eigenvalue weighted by molar-refractivity contribution is -0.145. The molecule has 1 aliphatic carbocycles. The zero-order valence-corrected chi connectivity index (χ0v) is 10.2. The summed E-state index contributed by atoms with van der Waals surface area (Å²) < 4.78 is 0. The monoisotopic (exact) mass is 212 g/mol. The number of rotatable bonds is 3. The van der Waals surface area contributed by atoms with E-state index in [0.717, 1.165) is 19.3 Å². The Morgan fingerprint density at radius 1 is 1.13 bits per heavy atom. The lowest BCUT2D eigenvalue weighted by Gasteiger charge is -2.30. The predicted octanol–water partition coefficient (Wildman–Crippen LogP) is 3.56. The van der Waals surface area contributed by atoms with Gasteiger partial charge in [0.05, 0.1) is 5.92 Å². The molecule has 0 bridgehead atoms. The molecule has 2 heteroatoms. The Morgan fingerprint density at radius 2 is 1.73 bits per heavy atom. The van der Waals surface area contributed by atoms with Crippen LogP contribution in [0.5, 0.6) is 0 Å². The molecular weight excluding hydrogens is 188 g/mol. The Hall–Kier alpha value is -0.530. The molecule has 0 aromatic rings. The summed E-state index contributed by atoms with van der Waals surface area (Å²) in [4.78, 5) is 11.2. The van der Waals surface area contributed by atoms with Crippen molar-refractivity contribution in [2.75, 3.05) is 0 Å². The van der Waals surface area contributed by atoms with E-state index in [4.69, 9.17) is 0 Å². The van der Waals surface area contributed by atoms with E-state index in [-0.39, 0.29) is 5.92 Å². The van der Waals surface area contributed by atoms with Crippen LogP contribution in [0, 0.1) is 23.7 Å². The SMILES string of the molecule is CC(C)C(C)C1CCCCCC1C(=O)O. The molecule has 0 heterocycles. The lowest BCUT2D eigenvalue weighted by atomic mass is 9.74. The van der Waals surface area contributed by atoms with Crippen molar-refractivity contribution in [2.24, 2.45) is 23.7 Å². The summed E-state index contributed by atoms with van der Waals surface area (Å²) in [5, 5.41) is 9.26. The number of hydrogen-bond acceptors (Lipinski definition) is 1. The molecule has 1 N–H and O–H groups in total. The Morgan fingerprint density at radius 3 is 2.27 bits per heavy atom. The van der Waals surface area contributed by atoms with Crippen molar-refractivity contribution in [1.29, 1.82) is 0 Å². The number of carbonyl (C=O) groups is 1. The molecule has 3 unspecified atom stereocenters. The highest BCUT2D eigenvalue weighted by atomic mass is 16.4. The van der Waals surface area contributed by atoms with Gasteiger partial charge in [0, 0.05) is 0 Å². The lowest BCUT2D eigenvalue weighted by Crippen LogP contribution is -2.29. The Labute approximate surface area is 93.1 Å². The smallest absolute Gasteiger partial charge is 0.306 e. The van der Waals surface area contributed by atoms with Gasteiger partial charge in [-0.2, -0.15) is 0 Å². The highest BCUT2D eigenvalue weighted by Gasteiger charge is 2.33. The molecule has 0 aromatic carbocycles. The molecule has 0 spiro atoms. The molecule has 0 aliphatic heterocycles. The Kier molecular flexibility index (Phi) is 4.62. The third-order valence-corrected chi connectivity index (χ3v) is 4.11. The first-order valence-electron chi connectivity index (χ1n) is 6.26. The maximum absolute atomic E-state index is 11.2. The summed E-state index contributed by atoms with van der Waals surface area (Å²) in [6, 6.07) is 0. The number of carboxylic acids is 1. The van der Waals surface area contributed by atoms with Crippen LogP contribution in [0.1, 0.15) is 52.9 Å². The van der Waals surface area contributed by atoms with Gasteiger partial charge in [0.15, 0.2) is 0 Å². The van der Waals surface area contributed by atoms with Crippen LogP contribution >= 0.6 is 0 Å². The average Bonchev–Trinajstić information content (AvgIpc) is 2.40. The number of aliphatic carboxylic acids is 1. The van der Waals surface area contributed by atoms with E-state index in [1.807, 2.05) is 0 Å². The van der Waals surface area contributed by atoms with Gasteiger partial charge in [-0.25, -0.2) is 0 Å². The van der Waals surface area contributed by atoms with Crippen molar-refractivity contribution in [3.8, 4) is 0 Å². The van der Waals surface area contributed by atoms with Crippen LogP contribution in [0.2, 0.25) is 0 Å². The van der Waals surface area contributed by atoms with Crippen molar-refractivity contribution in [3.63, 3.8) is 0 Å². The minimum Gasteiger partial charge on any atom is -0.481 e. The summed E-state index contributed by atoms with van der Waals surface area (Å²) in [5.41, 5.74) is 0. The van der Waals surface area contributed by atoms with Gasteiger partial charge < -0.3 is 5.11 Å². The second-order valence-corrected chi connectivity index (χ2v) is 5.35. The van der Waals surface area contributed by atoms with Crippen molar-refractivity contribution >= 4 is 5.97 Å². The van der Waals surface area contributed by atoms with E-state index >= 15 is 0 Å². The second-order valence-electron chi connectivity index (χ2n) is 5.35. The molecule has 15 heavy (non-hydrogen) atoms. The van der Waals surface area contributed by atoms with Gasteiger partial charge in [-0.1, -0.05) is 40.0 Å². The van der Waals surface area contributed by atoms with Gasteiger partial charge in [0.25, 0.3) is 0 Å². The van der Waals surface area contributed by atoms with Crippen LogP contribution in [0.3, 0.4) is 0 Å². The molecule has 1 fully saturated rings. The molecule has 1 saturated carbocycles. The van der Waals surface area contributed by atoms with Crippen LogP contribution in [0.25, 0.3) is 0 Å². The van der Waals surface area contributed by atoms with Gasteiger partial charge in [-0.3, -0.25) is 4.79 Å². The summed E-state index contributed by atoms with van der Waals surface area (Å²) >= 11 is 0. The highest BCUT2D eigenvalue weighted by Crippen LogP contribution is 2.37. The first-order valence-corrected chi connectivity index (χ1v) is 6.26. The van der Waals surface area contributed by atoms with E-state index in [9.17, 15) is 9.90 Å². The second kappa shape index (κ2) is 5.53. The summed E-state index contributed by atoms with van der Waals surface area (Å²) in [7, 11) is 0. The summed E-state index contributed by atoms with van der Waals surface area (Å²) in [5.74, 6) is 0.850. The largest absolute Gasteiger partial charge is 0.481 e. The molecule has 88 valence electrons.